The number of nitrogens with zero attached hydrogens (tertiary/aromatic N) is 1. The van der Waals surface area contributed by atoms with Gasteiger partial charge in [0, 0.05) is 18.6 Å². The lowest BCUT2D eigenvalue weighted by Gasteiger charge is -2.39. The van der Waals surface area contributed by atoms with Crippen LogP contribution in [-0.4, -0.2) is 54.2 Å². The number of fused-ring (bicyclic) bond motifs is 2. The Morgan fingerprint density at radius 1 is 1.12 bits per heavy atom. The Balaban J connectivity index is 1.58. The number of hydrogen-bond donors (Lipinski definition) is 1. The van der Waals surface area contributed by atoms with Gasteiger partial charge < -0.3 is 14.6 Å². The van der Waals surface area contributed by atoms with Crippen LogP contribution in [0.2, 0.25) is 0 Å². The van der Waals surface area contributed by atoms with E-state index in [2.05, 4.69) is 4.90 Å². The third-order valence-electron chi connectivity index (χ3n) is 4.25. The van der Waals surface area contributed by atoms with Crippen LogP contribution in [0.5, 0.6) is 0 Å². The first-order valence-corrected chi connectivity index (χ1v) is 6.46. The minimum absolute atomic E-state index is 0.0654. The molecule has 0 aromatic heterocycles. The standard InChI is InChI=1S/C12H21NO3/c14-11-5-9-1-2-10(6-11)13(9)7-12-3-4-15-8-16-12/h9-12,14H,1-8H2. The van der Waals surface area contributed by atoms with Crippen LogP contribution in [0.3, 0.4) is 0 Å². The molecule has 3 aliphatic rings. The van der Waals surface area contributed by atoms with Gasteiger partial charge in [-0.15, -0.1) is 0 Å². The van der Waals surface area contributed by atoms with Crippen LogP contribution in [0.4, 0.5) is 0 Å². The van der Waals surface area contributed by atoms with Crippen molar-refractivity contribution < 1.29 is 14.6 Å². The maximum absolute atomic E-state index is 9.74. The van der Waals surface area contributed by atoms with E-state index in [0.29, 0.717) is 25.0 Å². The van der Waals surface area contributed by atoms with E-state index in [0.717, 1.165) is 32.4 Å². The zero-order valence-electron chi connectivity index (χ0n) is 9.68. The van der Waals surface area contributed by atoms with Crippen molar-refractivity contribution in [1.82, 2.24) is 4.90 Å². The zero-order valence-corrected chi connectivity index (χ0v) is 9.68. The van der Waals surface area contributed by atoms with Crippen molar-refractivity contribution in [3.63, 3.8) is 0 Å². The molecule has 16 heavy (non-hydrogen) atoms. The molecule has 0 spiro atoms. The summed E-state index contributed by atoms with van der Waals surface area (Å²) in [5.74, 6) is 0. The quantitative estimate of drug-likeness (QED) is 0.755. The third kappa shape index (κ3) is 2.12. The second kappa shape index (κ2) is 4.61. The topological polar surface area (TPSA) is 41.9 Å². The van der Waals surface area contributed by atoms with E-state index in [1.165, 1.54) is 12.8 Å². The molecule has 3 heterocycles. The second-order valence-electron chi connectivity index (χ2n) is 5.31. The number of hydrogen-bond acceptors (Lipinski definition) is 4. The maximum Gasteiger partial charge on any atom is 0.147 e. The van der Waals surface area contributed by atoms with E-state index in [9.17, 15) is 5.11 Å². The lowest BCUT2D eigenvalue weighted by atomic mass is 9.99. The van der Waals surface area contributed by atoms with E-state index in [-0.39, 0.29) is 6.10 Å². The average molecular weight is 227 g/mol. The Bertz CT molecular complexity index is 228. The van der Waals surface area contributed by atoms with E-state index in [4.69, 9.17) is 9.47 Å². The molecule has 0 amide bonds. The first-order valence-electron chi connectivity index (χ1n) is 6.46. The van der Waals surface area contributed by atoms with Crippen molar-refractivity contribution in [1.29, 1.82) is 0 Å². The van der Waals surface area contributed by atoms with Crippen LogP contribution in [0, 0.1) is 0 Å². The summed E-state index contributed by atoms with van der Waals surface area (Å²) >= 11 is 0. The van der Waals surface area contributed by atoms with Gasteiger partial charge in [-0.05, 0) is 32.1 Å². The number of ether oxygens (including phenoxy) is 2. The highest BCUT2D eigenvalue weighted by molar-refractivity contribution is 4.96. The molecule has 3 aliphatic heterocycles. The molecule has 0 radical (unpaired) electrons. The van der Waals surface area contributed by atoms with Crippen LogP contribution in [0.25, 0.3) is 0 Å². The minimum Gasteiger partial charge on any atom is -0.393 e. The molecule has 0 aromatic carbocycles. The van der Waals surface area contributed by atoms with Crippen LogP contribution in [-0.2, 0) is 9.47 Å². The van der Waals surface area contributed by atoms with E-state index in [1.54, 1.807) is 0 Å². The van der Waals surface area contributed by atoms with Gasteiger partial charge in [0.2, 0.25) is 0 Å². The predicted molar refractivity (Wildman–Crippen MR) is 59.1 cm³/mol. The average Bonchev–Trinajstić information content (AvgIpc) is 2.54. The fourth-order valence-electron chi connectivity index (χ4n) is 3.42. The van der Waals surface area contributed by atoms with Crippen molar-refractivity contribution >= 4 is 0 Å². The molecule has 0 aliphatic carbocycles. The van der Waals surface area contributed by atoms with Crippen molar-refractivity contribution in [2.75, 3.05) is 19.9 Å². The Labute approximate surface area is 96.5 Å². The minimum atomic E-state index is -0.0654. The summed E-state index contributed by atoms with van der Waals surface area (Å²) in [5.41, 5.74) is 0. The molecule has 2 bridgehead atoms. The fourth-order valence-corrected chi connectivity index (χ4v) is 3.42. The molecule has 1 N–H and O–H groups in total. The Morgan fingerprint density at radius 3 is 2.50 bits per heavy atom. The summed E-state index contributed by atoms with van der Waals surface area (Å²) < 4.78 is 10.8. The highest BCUT2D eigenvalue weighted by Crippen LogP contribution is 2.36. The van der Waals surface area contributed by atoms with E-state index in [1.807, 2.05) is 0 Å². The Hall–Kier alpha value is -0.160. The molecule has 3 unspecified atom stereocenters. The zero-order chi connectivity index (χ0) is 11.0. The number of rotatable bonds is 2. The van der Waals surface area contributed by atoms with Crippen molar-refractivity contribution in [3.05, 3.63) is 0 Å². The highest BCUT2D eigenvalue weighted by atomic mass is 16.7. The molecular formula is C12H21NO3. The molecule has 0 saturated carbocycles. The van der Waals surface area contributed by atoms with Gasteiger partial charge in [0.1, 0.15) is 6.79 Å². The van der Waals surface area contributed by atoms with Crippen LogP contribution in [0.15, 0.2) is 0 Å². The molecule has 3 saturated heterocycles. The predicted octanol–water partition coefficient (Wildman–Crippen LogP) is 0.737. The van der Waals surface area contributed by atoms with Gasteiger partial charge >= 0.3 is 0 Å². The molecular weight excluding hydrogens is 206 g/mol. The number of aliphatic hydroxyl groups excluding tert-OH is 1. The van der Waals surface area contributed by atoms with Gasteiger partial charge in [0.25, 0.3) is 0 Å². The smallest absolute Gasteiger partial charge is 0.147 e. The van der Waals surface area contributed by atoms with Crippen molar-refractivity contribution in [2.24, 2.45) is 0 Å². The Morgan fingerprint density at radius 2 is 1.88 bits per heavy atom. The molecule has 0 aromatic rings. The summed E-state index contributed by atoms with van der Waals surface area (Å²) in [7, 11) is 0. The first kappa shape index (κ1) is 11.0. The molecule has 92 valence electrons. The first-order chi connectivity index (χ1) is 7.83. The monoisotopic (exact) mass is 227 g/mol. The van der Waals surface area contributed by atoms with Gasteiger partial charge in [0.05, 0.1) is 18.8 Å². The van der Waals surface area contributed by atoms with Crippen LogP contribution in [0.1, 0.15) is 32.1 Å². The largest absolute Gasteiger partial charge is 0.393 e. The SMILES string of the molecule is OC1CC2CCC(C1)N2CC1CCOCO1. The highest BCUT2D eigenvalue weighted by Gasteiger charge is 2.41. The van der Waals surface area contributed by atoms with Crippen LogP contribution >= 0.6 is 0 Å². The lowest BCUT2D eigenvalue weighted by molar-refractivity contribution is -0.149. The molecule has 3 atom stereocenters. The number of piperidine rings is 1. The summed E-state index contributed by atoms with van der Waals surface area (Å²) in [5, 5.41) is 9.74. The summed E-state index contributed by atoms with van der Waals surface area (Å²) in [4.78, 5) is 2.57. The summed E-state index contributed by atoms with van der Waals surface area (Å²) in [6.07, 6.45) is 5.71. The van der Waals surface area contributed by atoms with Crippen LogP contribution < -0.4 is 0 Å². The number of aliphatic hydroxyl groups is 1. The van der Waals surface area contributed by atoms with Gasteiger partial charge in [-0.1, -0.05) is 0 Å². The lowest BCUT2D eigenvalue weighted by Crippen LogP contribution is -2.49. The molecule has 4 heteroatoms. The Kier molecular flexibility index (Phi) is 3.16. The van der Waals surface area contributed by atoms with Gasteiger partial charge in [-0.3, -0.25) is 4.90 Å². The van der Waals surface area contributed by atoms with E-state index >= 15 is 0 Å². The van der Waals surface area contributed by atoms with E-state index < -0.39 is 0 Å². The van der Waals surface area contributed by atoms with Gasteiger partial charge in [-0.25, -0.2) is 0 Å². The summed E-state index contributed by atoms with van der Waals surface area (Å²) in [6, 6.07) is 1.19. The molecule has 3 fully saturated rings. The molecule has 3 rings (SSSR count). The van der Waals surface area contributed by atoms with Crippen molar-refractivity contribution in [2.45, 2.75) is 56.4 Å². The normalized spacial score (nSPS) is 44.8. The third-order valence-corrected chi connectivity index (χ3v) is 4.25. The maximum atomic E-state index is 9.74. The second-order valence-corrected chi connectivity index (χ2v) is 5.31. The van der Waals surface area contributed by atoms with Crippen molar-refractivity contribution in [3.8, 4) is 0 Å². The van der Waals surface area contributed by atoms with Gasteiger partial charge in [0.15, 0.2) is 0 Å². The molecule has 4 nitrogen and oxygen atoms in total. The fraction of sp³-hybridized carbons (Fsp3) is 1.00. The summed E-state index contributed by atoms with van der Waals surface area (Å²) in [6.45, 7) is 2.32. The van der Waals surface area contributed by atoms with Gasteiger partial charge in [-0.2, -0.15) is 0 Å².